The van der Waals surface area contributed by atoms with Crippen molar-refractivity contribution in [1.29, 1.82) is 0 Å². The Hall–Kier alpha value is -2.69. The van der Waals surface area contributed by atoms with Gasteiger partial charge in [0.2, 0.25) is 0 Å². The summed E-state index contributed by atoms with van der Waals surface area (Å²) in [6, 6.07) is 12.4. The van der Waals surface area contributed by atoms with E-state index in [1.54, 1.807) is 30.3 Å². The summed E-state index contributed by atoms with van der Waals surface area (Å²) in [4.78, 5) is 22.4. The summed E-state index contributed by atoms with van der Waals surface area (Å²) in [5, 5.41) is 10.7. The average molecular weight is 271 g/mol. The van der Waals surface area contributed by atoms with Crippen molar-refractivity contribution >= 4 is 11.5 Å². The molecule has 0 fully saturated rings. The first-order chi connectivity index (χ1) is 9.61. The number of nitrogens with zero attached hydrogens (tertiary/aromatic N) is 1. The third-order valence-corrected chi connectivity index (χ3v) is 2.75. The number of nitro groups is 1. The molecule has 0 aliphatic carbocycles. The van der Waals surface area contributed by atoms with Gasteiger partial charge in [-0.15, -0.1) is 0 Å². The van der Waals surface area contributed by atoms with Crippen LogP contribution in [0.15, 0.2) is 48.5 Å². The Balaban J connectivity index is 2.26. The fraction of sp³-hybridized carbons (Fsp3) is 0.133. The fourth-order valence-corrected chi connectivity index (χ4v) is 1.80. The SMILES string of the molecule is CCOc1ccc(C(=O)c2cccc([N+](=O)[O-])c2)cc1. The van der Waals surface area contributed by atoms with Crippen LogP contribution in [0.3, 0.4) is 0 Å². The number of rotatable bonds is 5. The third-order valence-electron chi connectivity index (χ3n) is 2.75. The molecule has 0 radical (unpaired) electrons. The van der Waals surface area contributed by atoms with Gasteiger partial charge < -0.3 is 4.74 Å². The smallest absolute Gasteiger partial charge is 0.270 e. The van der Waals surface area contributed by atoms with Gasteiger partial charge in [0, 0.05) is 23.3 Å². The molecule has 0 aromatic heterocycles. The maximum absolute atomic E-state index is 12.2. The summed E-state index contributed by atoms with van der Waals surface area (Å²) in [5.74, 6) is 0.430. The van der Waals surface area contributed by atoms with Gasteiger partial charge in [-0.2, -0.15) is 0 Å². The summed E-state index contributed by atoms with van der Waals surface area (Å²) >= 11 is 0. The number of ether oxygens (including phenoxy) is 1. The number of hydrogen-bond acceptors (Lipinski definition) is 4. The maximum atomic E-state index is 12.2. The third kappa shape index (κ3) is 3.00. The molecule has 5 nitrogen and oxygen atoms in total. The number of nitro benzene ring substituents is 1. The second kappa shape index (κ2) is 5.97. The minimum atomic E-state index is -0.519. The van der Waals surface area contributed by atoms with Crippen molar-refractivity contribution in [3.05, 3.63) is 69.8 Å². The zero-order valence-corrected chi connectivity index (χ0v) is 10.9. The molecule has 2 aromatic rings. The highest BCUT2D eigenvalue weighted by Gasteiger charge is 2.13. The Labute approximate surface area is 116 Å². The standard InChI is InChI=1S/C15H13NO4/c1-2-20-14-8-6-11(7-9-14)15(17)12-4-3-5-13(10-12)16(18)19/h3-10H,2H2,1H3. The van der Waals surface area contributed by atoms with Crippen LogP contribution in [-0.4, -0.2) is 17.3 Å². The predicted molar refractivity (Wildman–Crippen MR) is 74.1 cm³/mol. The molecule has 0 aliphatic rings. The van der Waals surface area contributed by atoms with E-state index in [0.717, 1.165) is 0 Å². The molecule has 0 bridgehead atoms. The van der Waals surface area contributed by atoms with E-state index in [0.29, 0.717) is 23.5 Å². The van der Waals surface area contributed by atoms with Crippen molar-refractivity contribution in [2.75, 3.05) is 6.61 Å². The Bertz CT molecular complexity index is 635. The van der Waals surface area contributed by atoms with Crippen LogP contribution >= 0.6 is 0 Å². The highest BCUT2D eigenvalue weighted by atomic mass is 16.6. The van der Waals surface area contributed by atoms with Crippen LogP contribution in [0.5, 0.6) is 5.75 Å². The molecule has 0 heterocycles. The van der Waals surface area contributed by atoms with E-state index < -0.39 is 4.92 Å². The van der Waals surface area contributed by atoms with Crippen molar-refractivity contribution in [1.82, 2.24) is 0 Å². The van der Waals surface area contributed by atoms with Crippen LogP contribution in [0.1, 0.15) is 22.8 Å². The normalized spacial score (nSPS) is 10.1. The monoisotopic (exact) mass is 271 g/mol. The zero-order chi connectivity index (χ0) is 14.5. The molecule has 0 N–H and O–H groups in total. The molecule has 2 aromatic carbocycles. The van der Waals surface area contributed by atoms with E-state index in [4.69, 9.17) is 4.74 Å². The molecule has 0 atom stereocenters. The summed E-state index contributed by atoms with van der Waals surface area (Å²) in [7, 11) is 0. The average Bonchev–Trinajstić information content (AvgIpc) is 2.48. The summed E-state index contributed by atoms with van der Waals surface area (Å²) in [6.07, 6.45) is 0. The van der Waals surface area contributed by atoms with Gasteiger partial charge in [0.1, 0.15) is 5.75 Å². The molecule has 0 saturated carbocycles. The van der Waals surface area contributed by atoms with Crippen LogP contribution in [-0.2, 0) is 0 Å². The van der Waals surface area contributed by atoms with Crippen LogP contribution in [0, 0.1) is 10.1 Å². The van der Waals surface area contributed by atoms with Crippen LogP contribution in [0.25, 0.3) is 0 Å². The first-order valence-corrected chi connectivity index (χ1v) is 6.14. The lowest BCUT2D eigenvalue weighted by Crippen LogP contribution is -2.02. The molecule has 0 aliphatic heterocycles. The molecular formula is C15H13NO4. The molecule has 0 amide bonds. The van der Waals surface area contributed by atoms with Gasteiger partial charge in [-0.1, -0.05) is 12.1 Å². The zero-order valence-electron chi connectivity index (χ0n) is 10.9. The number of carbonyl (C=O) groups is 1. The van der Waals surface area contributed by atoms with Gasteiger partial charge in [0.05, 0.1) is 11.5 Å². The predicted octanol–water partition coefficient (Wildman–Crippen LogP) is 3.22. The van der Waals surface area contributed by atoms with Crippen molar-refractivity contribution in [3.63, 3.8) is 0 Å². The largest absolute Gasteiger partial charge is 0.494 e. The Morgan fingerprint density at radius 2 is 1.85 bits per heavy atom. The van der Waals surface area contributed by atoms with E-state index in [-0.39, 0.29) is 11.5 Å². The highest BCUT2D eigenvalue weighted by molar-refractivity contribution is 6.09. The molecule has 0 unspecified atom stereocenters. The van der Waals surface area contributed by atoms with Gasteiger partial charge in [-0.05, 0) is 31.2 Å². The van der Waals surface area contributed by atoms with E-state index in [1.165, 1.54) is 18.2 Å². The van der Waals surface area contributed by atoms with Gasteiger partial charge in [-0.3, -0.25) is 14.9 Å². The quantitative estimate of drug-likeness (QED) is 0.475. The molecular weight excluding hydrogens is 258 g/mol. The van der Waals surface area contributed by atoms with Crippen molar-refractivity contribution in [3.8, 4) is 5.75 Å². The molecule has 5 heteroatoms. The van der Waals surface area contributed by atoms with Crippen LogP contribution in [0.2, 0.25) is 0 Å². The molecule has 102 valence electrons. The minimum Gasteiger partial charge on any atom is -0.494 e. The van der Waals surface area contributed by atoms with E-state index in [1.807, 2.05) is 6.92 Å². The van der Waals surface area contributed by atoms with Gasteiger partial charge in [0.25, 0.3) is 5.69 Å². The second-order valence-electron chi connectivity index (χ2n) is 4.09. The lowest BCUT2D eigenvalue weighted by Gasteiger charge is -2.04. The summed E-state index contributed by atoms with van der Waals surface area (Å²) < 4.78 is 5.30. The van der Waals surface area contributed by atoms with Crippen LogP contribution < -0.4 is 4.74 Å². The maximum Gasteiger partial charge on any atom is 0.270 e. The van der Waals surface area contributed by atoms with E-state index in [9.17, 15) is 14.9 Å². The number of hydrogen-bond donors (Lipinski definition) is 0. The first kappa shape index (κ1) is 13.7. The Morgan fingerprint density at radius 3 is 2.45 bits per heavy atom. The Kier molecular flexibility index (Phi) is 4.10. The topological polar surface area (TPSA) is 69.4 Å². The van der Waals surface area contributed by atoms with Crippen LogP contribution in [0.4, 0.5) is 5.69 Å². The molecule has 0 spiro atoms. The number of benzene rings is 2. The highest BCUT2D eigenvalue weighted by Crippen LogP contribution is 2.18. The minimum absolute atomic E-state index is 0.0956. The molecule has 2 rings (SSSR count). The summed E-state index contributed by atoms with van der Waals surface area (Å²) in [5.41, 5.74) is 0.666. The first-order valence-electron chi connectivity index (χ1n) is 6.14. The Morgan fingerprint density at radius 1 is 1.15 bits per heavy atom. The van der Waals surface area contributed by atoms with Crippen molar-refractivity contribution < 1.29 is 14.5 Å². The number of non-ortho nitro benzene ring substituents is 1. The fourth-order valence-electron chi connectivity index (χ4n) is 1.80. The van der Waals surface area contributed by atoms with E-state index in [2.05, 4.69) is 0 Å². The number of ketones is 1. The van der Waals surface area contributed by atoms with Crippen molar-refractivity contribution in [2.24, 2.45) is 0 Å². The second-order valence-corrected chi connectivity index (χ2v) is 4.09. The molecule has 0 saturated heterocycles. The van der Waals surface area contributed by atoms with Gasteiger partial charge in [-0.25, -0.2) is 0 Å². The number of carbonyl (C=O) groups excluding carboxylic acids is 1. The summed E-state index contributed by atoms with van der Waals surface area (Å²) in [6.45, 7) is 2.43. The van der Waals surface area contributed by atoms with Crippen molar-refractivity contribution in [2.45, 2.75) is 6.92 Å². The lowest BCUT2D eigenvalue weighted by atomic mass is 10.0. The van der Waals surface area contributed by atoms with Gasteiger partial charge in [0.15, 0.2) is 5.78 Å². The van der Waals surface area contributed by atoms with E-state index >= 15 is 0 Å². The molecule has 20 heavy (non-hydrogen) atoms. The lowest BCUT2D eigenvalue weighted by molar-refractivity contribution is -0.384. The van der Waals surface area contributed by atoms with Gasteiger partial charge >= 0.3 is 0 Å².